The van der Waals surface area contributed by atoms with E-state index >= 15 is 0 Å². The Morgan fingerprint density at radius 2 is 2.00 bits per heavy atom. The fraction of sp³-hybridized carbons (Fsp3) is 0.455. The van der Waals surface area contributed by atoms with Crippen molar-refractivity contribution in [2.24, 2.45) is 5.41 Å². The van der Waals surface area contributed by atoms with E-state index in [0.717, 1.165) is 12.8 Å². The number of pyridine rings is 2. The highest BCUT2D eigenvalue weighted by atomic mass is 32.2. The molecule has 0 bridgehead atoms. The summed E-state index contributed by atoms with van der Waals surface area (Å²) in [5.74, 6) is -0.137. The van der Waals surface area contributed by atoms with E-state index in [1.54, 1.807) is 43.5 Å². The van der Waals surface area contributed by atoms with Gasteiger partial charge < -0.3 is 15.2 Å². The third-order valence-electron chi connectivity index (χ3n) is 5.92. The minimum absolute atomic E-state index is 0.0331. The van der Waals surface area contributed by atoms with Crippen LogP contribution in [0.4, 0.5) is 10.2 Å². The van der Waals surface area contributed by atoms with Crippen molar-refractivity contribution in [1.82, 2.24) is 14.4 Å². The molecule has 8 nitrogen and oxygen atoms in total. The molecular formula is C22H27FN4O4S. The molecule has 1 saturated carbocycles. The molecule has 3 aromatic rings. The predicted molar refractivity (Wildman–Crippen MR) is 119 cm³/mol. The molecule has 1 fully saturated rings. The second kappa shape index (κ2) is 7.70. The Morgan fingerprint density at radius 1 is 1.28 bits per heavy atom. The summed E-state index contributed by atoms with van der Waals surface area (Å²) in [6.45, 7) is 5.43. The number of imidazole rings is 1. The molecule has 0 unspecified atom stereocenters. The Labute approximate surface area is 186 Å². The SMILES string of the molecule is COc1cc2ncc(-c3cc(F)nc(NCC4(CO)CC4)c3)n2cc1S(=O)(=O)C(C)(C)C. The maximum atomic E-state index is 14.3. The molecule has 1 aliphatic carbocycles. The van der Waals surface area contributed by atoms with E-state index in [1.807, 2.05) is 0 Å². The van der Waals surface area contributed by atoms with Crippen LogP contribution in [0, 0.1) is 11.4 Å². The summed E-state index contributed by atoms with van der Waals surface area (Å²) in [5.41, 5.74) is 1.31. The lowest BCUT2D eigenvalue weighted by molar-refractivity contribution is 0.219. The molecule has 0 radical (unpaired) electrons. The highest BCUT2D eigenvalue weighted by Crippen LogP contribution is 2.45. The van der Waals surface area contributed by atoms with E-state index in [9.17, 15) is 17.9 Å². The Bertz CT molecular complexity index is 1280. The van der Waals surface area contributed by atoms with Gasteiger partial charge in [0.15, 0.2) is 9.84 Å². The average Bonchev–Trinajstić information content (AvgIpc) is 3.40. The number of nitrogens with zero attached hydrogens (tertiary/aromatic N) is 3. The van der Waals surface area contributed by atoms with Crippen LogP contribution in [0.25, 0.3) is 16.9 Å². The molecule has 3 aromatic heterocycles. The van der Waals surface area contributed by atoms with E-state index in [2.05, 4.69) is 15.3 Å². The molecule has 0 spiro atoms. The van der Waals surface area contributed by atoms with Crippen LogP contribution in [-0.4, -0.2) is 52.9 Å². The van der Waals surface area contributed by atoms with Crippen LogP contribution in [0.5, 0.6) is 5.75 Å². The van der Waals surface area contributed by atoms with E-state index in [1.165, 1.54) is 19.4 Å². The number of methoxy groups -OCH3 is 1. The van der Waals surface area contributed by atoms with Gasteiger partial charge in [0.25, 0.3) is 0 Å². The number of rotatable bonds is 7. The summed E-state index contributed by atoms with van der Waals surface area (Å²) in [5, 5.41) is 12.6. The Kier molecular flexibility index (Phi) is 5.41. The number of hydrogen-bond acceptors (Lipinski definition) is 7. The maximum absolute atomic E-state index is 14.3. The van der Waals surface area contributed by atoms with Crippen LogP contribution < -0.4 is 10.1 Å². The summed E-state index contributed by atoms with van der Waals surface area (Å²) in [7, 11) is -2.31. The number of aliphatic hydroxyl groups excluding tert-OH is 1. The standard InChI is InChI=1S/C22H27FN4O4S/c1-21(2,3)32(29,30)17-11-27-15(10-24-20(27)9-16(17)31-4)14-7-18(23)26-19(8-14)25-12-22(13-28)5-6-22/h7-11,28H,5-6,12-13H2,1-4H3,(H,25,26). The maximum Gasteiger partial charge on any atom is 0.215 e. The number of halogens is 1. The molecule has 10 heteroatoms. The van der Waals surface area contributed by atoms with Gasteiger partial charge in [0.1, 0.15) is 22.1 Å². The molecule has 4 rings (SSSR count). The largest absolute Gasteiger partial charge is 0.495 e. The van der Waals surface area contributed by atoms with E-state index in [0.29, 0.717) is 29.3 Å². The molecule has 3 heterocycles. The molecule has 2 N–H and O–H groups in total. The third kappa shape index (κ3) is 3.93. The zero-order valence-corrected chi connectivity index (χ0v) is 19.3. The molecule has 0 aliphatic heterocycles. The minimum Gasteiger partial charge on any atom is -0.495 e. The van der Waals surface area contributed by atoms with Gasteiger partial charge in [-0.1, -0.05) is 0 Å². The molecule has 32 heavy (non-hydrogen) atoms. The van der Waals surface area contributed by atoms with Crippen LogP contribution in [0.2, 0.25) is 0 Å². The molecule has 172 valence electrons. The number of hydrogen-bond donors (Lipinski definition) is 2. The zero-order chi connectivity index (χ0) is 23.3. The lowest BCUT2D eigenvalue weighted by Gasteiger charge is -2.21. The highest BCUT2D eigenvalue weighted by Gasteiger charge is 2.41. The number of nitrogens with one attached hydrogen (secondary N) is 1. The summed E-state index contributed by atoms with van der Waals surface area (Å²) >= 11 is 0. The van der Waals surface area contributed by atoms with Crippen LogP contribution in [0.1, 0.15) is 33.6 Å². The van der Waals surface area contributed by atoms with Crippen LogP contribution in [0.15, 0.2) is 35.5 Å². The van der Waals surface area contributed by atoms with Crippen molar-refractivity contribution < 1.29 is 22.7 Å². The summed E-state index contributed by atoms with van der Waals surface area (Å²) in [6, 6.07) is 4.51. The molecular weight excluding hydrogens is 435 g/mol. The first kappa shape index (κ1) is 22.5. The molecule has 0 atom stereocenters. The van der Waals surface area contributed by atoms with E-state index in [-0.39, 0.29) is 22.7 Å². The highest BCUT2D eigenvalue weighted by molar-refractivity contribution is 7.92. The lowest BCUT2D eigenvalue weighted by atomic mass is 10.1. The van der Waals surface area contributed by atoms with Gasteiger partial charge in [-0.15, -0.1) is 0 Å². The van der Waals surface area contributed by atoms with E-state index < -0.39 is 20.5 Å². The second-order valence-electron chi connectivity index (χ2n) is 9.27. The Hall–Kier alpha value is -2.72. The molecule has 0 aromatic carbocycles. The number of anilines is 1. The van der Waals surface area contributed by atoms with Crippen LogP contribution >= 0.6 is 0 Å². The van der Waals surface area contributed by atoms with Crippen molar-refractivity contribution in [2.45, 2.75) is 43.3 Å². The fourth-order valence-electron chi connectivity index (χ4n) is 3.47. The first-order valence-corrected chi connectivity index (χ1v) is 11.8. The normalized spacial score (nSPS) is 15.7. The number of aliphatic hydroxyl groups is 1. The van der Waals surface area contributed by atoms with Gasteiger partial charge >= 0.3 is 0 Å². The Balaban J connectivity index is 1.79. The van der Waals surface area contributed by atoms with Gasteiger partial charge in [0, 0.05) is 35.9 Å². The number of sulfone groups is 1. The smallest absolute Gasteiger partial charge is 0.215 e. The number of fused-ring (bicyclic) bond motifs is 1. The van der Waals surface area contributed by atoms with Crippen molar-refractivity contribution in [2.75, 3.05) is 25.6 Å². The zero-order valence-electron chi connectivity index (χ0n) is 18.5. The summed E-state index contributed by atoms with van der Waals surface area (Å²) in [4.78, 5) is 8.28. The third-order valence-corrected chi connectivity index (χ3v) is 8.42. The van der Waals surface area contributed by atoms with Crippen molar-refractivity contribution in [3.8, 4) is 17.0 Å². The van der Waals surface area contributed by atoms with Crippen molar-refractivity contribution >= 4 is 21.3 Å². The van der Waals surface area contributed by atoms with Gasteiger partial charge in [-0.05, 0) is 39.7 Å². The lowest BCUT2D eigenvalue weighted by Crippen LogP contribution is -2.28. The van der Waals surface area contributed by atoms with Gasteiger partial charge in [-0.3, -0.25) is 4.40 Å². The van der Waals surface area contributed by atoms with Gasteiger partial charge in [0.05, 0.1) is 30.4 Å². The summed E-state index contributed by atoms with van der Waals surface area (Å²) < 4.78 is 46.5. The Morgan fingerprint density at radius 3 is 2.59 bits per heavy atom. The van der Waals surface area contributed by atoms with Crippen LogP contribution in [0.3, 0.4) is 0 Å². The van der Waals surface area contributed by atoms with Gasteiger partial charge in [-0.25, -0.2) is 18.4 Å². The molecule has 1 aliphatic rings. The second-order valence-corrected chi connectivity index (χ2v) is 11.9. The van der Waals surface area contributed by atoms with Crippen molar-refractivity contribution in [3.05, 3.63) is 36.5 Å². The first-order chi connectivity index (χ1) is 15.0. The predicted octanol–water partition coefficient (Wildman–Crippen LogP) is 3.30. The topological polar surface area (TPSA) is 106 Å². The molecule has 0 amide bonds. The van der Waals surface area contributed by atoms with E-state index in [4.69, 9.17) is 4.74 Å². The van der Waals surface area contributed by atoms with Crippen LogP contribution in [-0.2, 0) is 9.84 Å². The van der Waals surface area contributed by atoms with Gasteiger partial charge in [-0.2, -0.15) is 4.39 Å². The van der Waals surface area contributed by atoms with Crippen molar-refractivity contribution in [1.29, 1.82) is 0 Å². The average molecular weight is 463 g/mol. The molecule has 0 saturated heterocycles. The minimum atomic E-state index is -3.72. The monoisotopic (exact) mass is 462 g/mol. The van der Waals surface area contributed by atoms with Crippen molar-refractivity contribution in [3.63, 3.8) is 0 Å². The fourth-order valence-corrected chi connectivity index (χ4v) is 4.78. The van der Waals surface area contributed by atoms with Gasteiger partial charge in [0.2, 0.25) is 5.95 Å². The quantitative estimate of drug-likeness (QED) is 0.519. The summed E-state index contributed by atoms with van der Waals surface area (Å²) in [6.07, 6.45) is 4.85. The first-order valence-electron chi connectivity index (χ1n) is 10.3. The number of ether oxygens (including phenoxy) is 1. The number of aromatic nitrogens is 3.